The summed E-state index contributed by atoms with van der Waals surface area (Å²) < 4.78 is 20.4. The first-order chi connectivity index (χ1) is 11.4. The minimum atomic E-state index is -0.686. The van der Waals surface area contributed by atoms with E-state index in [-0.39, 0.29) is 17.9 Å². The molecule has 0 atom stereocenters. The van der Waals surface area contributed by atoms with Gasteiger partial charge in [0.15, 0.2) is 16.5 Å². The molecule has 3 rings (SSSR count). The zero-order valence-electron chi connectivity index (χ0n) is 13.0. The van der Waals surface area contributed by atoms with Gasteiger partial charge in [-0.05, 0) is 18.6 Å². The van der Waals surface area contributed by atoms with Crippen molar-refractivity contribution in [3.05, 3.63) is 62.3 Å². The zero-order valence-corrected chi connectivity index (χ0v) is 13.8. The Hall–Kier alpha value is -2.74. The molecule has 0 bridgehead atoms. The molecule has 0 radical (unpaired) electrons. The average Bonchev–Trinajstić information content (AvgIpc) is 2.86. The summed E-state index contributed by atoms with van der Waals surface area (Å²) in [4.78, 5) is 29.2. The van der Waals surface area contributed by atoms with Crippen LogP contribution in [0.4, 0.5) is 4.39 Å². The lowest BCUT2D eigenvalue weighted by Gasteiger charge is -2.07. The van der Waals surface area contributed by atoms with Crippen LogP contribution in [-0.4, -0.2) is 22.4 Å². The van der Waals surface area contributed by atoms with E-state index in [9.17, 15) is 14.0 Å². The summed E-state index contributed by atoms with van der Waals surface area (Å²) in [6.45, 7) is 1.69. The summed E-state index contributed by atoms with van der Waals surface area (Å²) in [6.07, 6.45) is 0.137. The Bertz CT molecular complexity index is 1010. The highest BCUT2D eigenvalue weighted by Gasteiger charge is 2.18. The van der Waals surface area contributed by atoms with Crippen molar-refractivity contribution in [1.82, 2.24) is 9.38 Å². The number of nitrogens with zero attached hydrogens (tertiary/aromatic N) is 2. The summed E-state index contributed by atoms with van der Waals surface area (Å²) in [5.74, 6) is -1.04. The third-order valence-electron chi connectivity index (χ3n) is 3.61. The molecule has 0 aliphatic rings. The van der Waals surface area contributed by atoms with Gasteiger partial charge in [0.05, 0.1) is 12.8 Å². The number of benzene rings is 1. The second-order valence-electron chi connectivity index (χ2n) is 5.18. The first-order valence-corrected chi connectivity index (χ1v) is 7.87. The number of hydrogen-bond acceptors (Lipinski definition) is 5. The van der Waals surface area contributed by atoms with Crippen molar-refractivity contribution >= 4 is 22.2 Å². The molecule has 2 heterocycles. The number of carbonyl (C=O) groups excluding carboxylic acids is 1. The topological polar surface area (TPSA) is 86.7 Å². The predicted octanol–water partition coefficient (Wildman–Crippen LogP) is 1.90. The molecule has 1 aromatic carbocycles. The van der Waals surface area contributed by atoms with E-state index in [1.54, 1.807) is 19.1 Å². The molecule has 0 aliphatic heterocycles. The number of methoxy groups -OCH3 is 1. The summed E-state index contributed by atoms with van der Waals surface area (Å²) in [5, 5.41) is 0. The predicted molar refractivity (Wildman–Crippen MR) is 88.4 cm³/mol. The van der Waals surface area contributed by atoms with Crippen molar-refractivity contribution in [3.8, 4) is 5.75 Å². The monoisotopic (exact) mass is 347 g/mol. The van der Waals surface area contributed by atoms with Crippen LogP contribution in [0.15, 0.2) is 29.1 Å². The normalized spacial score (nSPS) is 11.0. The van der Waals surface area contributed by atoms with E-state index in [1.165, 1.54) is 35.0 Å². The van der Waals surface area contributed by atoms with Crippen molar-refractivity contribution in [2.45, 2.75) is 13.3 Å². The lowest BCUT2D eigenvalue weighted by Crippen LogP contribution is -2.23. The van der Waals surface area contributed by atoms with Gasteiger partial charge in [0.1, 0.15) is 5.69 Å². The molecular formula is C16H14FN3O3S. The molecule has 2 aromatic heterocycles. The first-order valence-electron chi connectivity index (χ1n) is 7.05. The SMILES string of the molecule is COc1cccc(Cc2cc(=O)n3c(C(N)=O)c(C)sc3n2)c1F. The van der Waals surface area contributed by atoms with Gasteiger partial charge in [0, 0.05) is 17.4 Å². The quantitative estimate of drug-likeness (QED) is 0.781. The Morgan fingerprint density at radius 1 is 1.46 bits per heavy atom. The molecule has 0 spiro atoms. The van der Waals surface area contributed by atoms with Gasteiger partial charge in [-0.1, -0.05) is 12.1 Å². The van der Waals surface area contributed by atoms with Crippen LogP contribution in [-0.2, 0) is 6.42 Å². The Morgan fingerprint density at radius 2 is 2.21 bits per heavy atom. The zero-order chi connectivity index (χ0) is 17.4. The Labute approximate surface area is 140 Å². The summed E-state index contributed by atoms with van der Waals surface area (Å²) in [7, 11) is 1.39. The molecular weight excluding hydrogens is 333 g/mol. The van der Waals surface area contributed by atoms with Gasteiger partial charge in [0.25, 0.3) is 11.5 Å². The molecule has 3 aromatic rings. The Balaban J connectivity index is 2.10. The number of aryl methyl sites for hydroxylation is 1. The molecule has 0 aliphatic carbocycles. The minimum absolute atomic E-state index is 0.131. The van der Waals surface area contributed by atoms with E-state index in [0.717, 1.165) is 0 Å². The van der Waals surface area contributed by atoms with Gasteiger partial charge in [-0.25, -0.2) is 13.8 Å². The third-order valence-corrected chi connectivity index (χ3v) is 4.57. The van der Waals surface area contributed by atoms with E-state index >= 15 is 0 Å². The van der Waals surface area contributed by atoms with E-state index in [1.807, 2.05) is 0 Å². The molecule has 0 unspecified atom stereocenters. The van der Waals surface area contributed by atoms with E-state index in [0.29, 0.717) is 21.1 Å². The van der Waals surface area contributed by atoms with Crippen LogP contribution in [0.5, 0.6) is 5.75 Å². The lowest BCUT2D eigenvalue weighted by atomic mass is 10.1. The Kier molecular flexibility index (Phi) is 4.06. The van der Waals surface area contributed by atoms with Crippen LogP contribution in [0.2, 0.25) is 0 Å². The molecule has 124 valence electrons. The fourth-order valence-corrected chi connectivity index (χ4v) is 3.54. The van der Waals surface area contributed by atoms with Gasteiger partial charge in [-0.3, -0.25) is 9.59 Å². The number of aromatic nitrogens is 2. The molecule has 0 fully saturated rings. The second kappa shape index (κ2) is 6.04. The number of amides is 1. The smallest absolute Gasteiger partial charge is 0.266 e. The van der Waals surface area contributed by atoms with E-state index in [4.69, 9.17) is 10.5 Å². The molecule has 0 saturated heterocycles. The summed E-state index contributed by atoms with van der Waals surface area (Å²) >= 11 is 1.19. The number of thiazole rings is 1. The highest BCUT2D eigenvalue weighted by atomic mass is 32.1. The number of ether oxygens (including phenoxy) is 1. The average molecular weight is 347 g/mol. The number of halogens is 1. The molecule has 2 N–H and O–H groups in total. The number of hydrogen-bond donors (Lipinski definition) is 1. The van der Waals surface area contributed by atoms with Crippen LogP contribution < -0.4 is 16.0 Å². The largest absolute Gasteiger partial charge is 0.494 e. The summed E-state index contributed by atoms with van der Waals surface area (Å²) in [6, 6.07) is 6.08. The molecule has 6 nitrogen and oxygen atoms in total. The number of primary amides is 1. The van der Waals surface area contributed by atoms with Crippen LogP contribution in [0.1, 0.15) is 26.6 Å². The van der Waals surface area contributed by atoms with Crippen molar-refractivity contribution in [1.29, 1.82) is 0 Å². The van der Waals surface area contributed by atoms with Crippen LogP contribution in [0, 0.1) is 12.7 Å². The van der Waals surface area contributed by atoms with Gasteiger partial charge in [0.2, 0.25) is 0 Å². The number of rotatable bonds is 4. The number of carbonyl (C=O) groups is 1. The molecule has 8 heteroatoms. The van der Waals surface area contributed by atoms with E-state index in [2.05, 4.69) is 4.98 Å². The first kappa shape index (κ1) is 16.1. The minimum Gasteiger partial charge on any atom is -0.494 e. The van der Waals surface area contributed by atoms with Gasteiger partial charge in [-0.15, -0.1) is 11.3 Å². The van der Waals surface area contributed by atoms with Crippen molar-refractivity contribution in [2.75, 3.05) is 7.11 Å². The highest BCUT2D eigenvalue weighted by molar-refractivity contribution is 7.17. The van der Waals surface area contributed by atoms with Gasteiger partial charge < -0.3 is 10.5 Å². The lowest BCUT2D eigenvalue weighted by molar-refractivity contribution is 0.0994. The fraction of sp³-hybridized carbons (Fsp3) is 0.188. The number of fused-ring (bicyclic) bond motifs is 1. The maximum atomic E-state index is 14.3. The maximum Gasteiger partial charge on any atom is 0.266 e. The van der Waals surface area contributed by atoms with Gasteiger partial charge >= 0.3 is 0 Å². The van der Waals surface area contributed by atoms with Gasteiger partial charge in [-0.2, -0.15) is 0 Å². The second-order valence-corrected chi connectivity index (χ2v) is 6.37. The fourth-order valence-electron chi connectivity index (χ4n) is 2.54. The Morgan fingerprint density at radius 3 is 2.88 bits per heavy atom. The van der Waals surface area contributed by atoms with Crippen LogP contribution >= 0.6 is 11.3 Å². The van der Waals surface area contributed by atoms with Crippen molar-refractivity contribution in [3.63, 3.8) is 0 Å². The molecule has 1 amide bonds. The van der Waals surface area contributed by atoms with Crippen LogP contribution in [0.3, 0.4) is 0 Å². The van der Waals surface area contributed by atoms with Crippen molar-refractivity contribution < 1.29 is 13.9 Å². The highest BCUT2D eigenvalue weighted by Crippen LogP contribution is 2.23. The van der Waals surface area contributed by atoms with Crippen LogP contribution in [0.25, 0.3) is 4.96 Å². The summed E-state index contributed by atoms with van der Waals surface area (Å²) in [5.41, 5.74) is 5.81. The molecule has 24 heavy (non-hydrogen) atoms. The third kappa shape index (κ3) is 2.65. The molecule has 0 saturated carbocycles. The maximum absolute atomic E-state index is 14.3. The standard InChI is InChI=1S/C16H14FN3O3S/c1-8-14(15(18)22)20-12(21)7-10(19-16(20)24-8)6-9-4-3-5-11(23-2)13(9)17/h3-5,7H,6H2,1-2H3,(H2,18,22). The number of nitrogens with two attached hydrogens (primary N) is 1. The van der Waals surface area contributed by atoms with Crippen molar-refractivity contribution in [2.24, 2.45) is 5.73 Å². The van der Waals surface area contributed by atoms with E-state index < -0.39 is 17.3 Å².